The molecule has 0 radical (unpaired) electrons. The highest BCUT2D eigenvalue weighted by molar-refractivity contribution is 6.30. The molecule has 2 fully saturated rings. The van der Waals surface area contributed by atoms with E-state index in [1.54, 1.807) is 24.1 Å². The number of nitrogens with one attached hydrogen (secondary N) is 1. The van der Waals surface area contributed by atoms with E-state index in [1.165, 1.54) is 6.07 Å². The Morgan fingerprint density at radius 3 is 2.90 bits per heavy atom. The summed E-state index contributed by atoms with van der Waals surface area (Å²) in [5.41, 5.74) is 0.755. The third-order valence-electron chi connectivity index (χ3n) is 4.21. The van der Waals surface area contributed by atoms with Crippen molar-refractivity contribution in [1.82, 2.24) is 10.2 Å². The van der Waals surface area contributed by atoms with Crippen molar-refractivity contribution in [3.63, 3.8) is 0 Å². The summed E-state index contributed by atoms with van der Waals surface area (Å²) < 4.78 is 19.3. The maximum atomic E-state index is 13.6. The molecule has 1 amide bonds. The van der Waals surface area contributed by atoms with Crippen molar-refractivity contribution < 1.29 is 13.9 Å². The van der Waals surface area contributed by atoms with E-state index < -0.39 is 5.82 Å². The molecule has 0 bridgehead atoms. The Balaban J connectivity index is 1.73. The summed E-state index contributed by atoms with van der Waals surface area (Å²) in [6.45, 7) is 1.37. The minimum atomic E-state index is -0.444. The van der Waals surface area contributed by atoms with Crippen molar-refractivity contribution in [3.05, 3.63) is 34.6 Å². The maximum absolute atomic E-state index is 13.6. The first kappa shape index (κ1) is 14.8. The topological polar surface area (TPSA) is 41.6 Å². The van der Waals surface area contributed by atoms with Gasteiger partial charge in [-0.2, -0.15) is 0 Å². The van der Waals surface area contributed by atoms with Crippen LogP contribution in [0.5, 0.6) is 0 Å². The van der Waals surface area contributed by atoms with Crippen LogP contribution < -0.4 is 5.32 Å². The van der Waals surface area contributed by atoms with Crippen molar-refractivity contribution >= 4 is 17.5 Å². The van der Waals surface area contributed by atoms with Crippen LogP contribution >= 0.6 is 11.6 Å². The van der Waals surface area contributed by atoms with E-state index >= 15 is 0 Å². The largest absolute Gasteiger partial charge is 0.372 e. The summed E-state index contributed by atoms with van der Waals surface area (Å²) in [6.07, 6.45) is 1.37. The van der Waals surface area contributed by atoms with Crippen LogP contribution in [-0.4, -0.2) is 43.1 Å². The van der Waals surface area contributed by atoms with Crippen molar-refractivity contribution in [3.8, 4) is 0 Å². The van der Waals surface area contributed by atoms with Crippen LogP contribution in [0, 0.1) is 5.82 Å². The summed E-state index contributed by atoms with van der Waals surface area (Å²) in [5.74, 6) is -0.331. The first-order valence-electron chi connectivity index (χ1n) is 7.14. The van der Waals surface area contributed by atoms with Gasteiger partial charge < -0.3 is 9.64 Å². The van der Waals surface area contributed by atoms with Gasteiger partial charge in [-0.05, 0) is 30.5 Å². The average molecular weight is 313 g/mol. The summed E-state index contributed by atoms with van der Waals surface area (Å²) >= 11 is 5.71. The van der Waals surface area contributed by atoms with Crippen molar-refractivity contribution in [2.24, 2.45) is 0 Å². The molecule has 6 heteroatoms. The minimum Gasteiger partial charge on any atom is -0.372 e. The standard InChI is InChI=1S/C15H18ClFN2O2/c1-19-6-4-13(15(19)20)18-12-5-7-21-14(12)9-2-3-10(16)11(17)8-9/h2-3,8,12-14,18H,4-7H2,1H3/t12-,13+,14+/m1/s1. The highest BCUT2D eigenvalue weighted by atomic mass is 35.5. The molecule has 0 spiro atoms. The molecule has 0 aromatic heterocycles. The molecule has 4 nitrogen and oxygen atoms in total. The lowest BCUT2D eigenvalue weighted by atomic mass is 10.0. The van der Waals surface area contributed by atoms with Gasteiger partial charge in [-0.15, -0.1) is 0 Å². The smallest absolute Gasteiger partial charge is 0.239 e. The average Bonchev–Trinajstić information content (AvgIpc) is 3.04. The molecule has 1 aromatic rings. The molecule has 2 aliphatic rings. The van der Waals surface area contributed by atoms with Gasteiger partial charge in [-0.25, -0.2) is 4.39 Å². The second-order valence-electron chi connectivity index (χ2n) is 5.63. The normalized spacial score (nSPS) is 29.4. The molecule has 114 valence electrons. The number of hydrogen-bond acceptors (Lipinski definition) is 3. The van der Waals surface area contributed by atoms with Gasteiger partial charge in [-0.3, -0.25) is 10.1 Å². The highest BCUT2D eigenvalue weighted by Crippen LogP contribution is 2.31. The van der Waals surface area contributed by atoms with Crippen molar-refractivity contribution in [1.29, 1.82) is 0 Å². The molecule has 2 saturated heterocycles. The van der Waals surface area contributed by atoms with Gasteiger partial charge >= 0.3 is 0 Å². The number of carbonyl (C=O) groups is 1. The quantitative estimate of drug-likeness (QED) is 0.929. The molecule has 0 aliphatic carbocycles. The number of ether oxygens (including phenoxy) is 1. The summed E-state index contributed by atoms with van der Waals surface area (Å²) in [5, 5.41) is 3.47. The van der Waals surface area contributed by atoms with E-state index in [4.69, 9.17) is 16.3 Å². The van der Waals surface area contributed by atoms with E-state index in [2.05, 4.69) is 5.32 Å². The zero-order valence-electron chi connectivity index (χ0n) is 11.8. The van der Waals surface area contributed by atoms with E-state index in [9.17, 15) is 9.18 Å². The molecular weight excluding hydrogens is 295 g/mol. The number of amides is 1. The number of likely N-dealkylation sites (N-methyl/N-ethyl adjacent to an activating group) is 1. The fraction of sp³-hybridized carbons (Fsp3) is 0.533. The van der Waals surface area contributed by atoms with Crippen LogP contribution in [0.2, 0.25) is 5.02 Å². The van der Waals surface area contributed by atoms with Gasteiger partial charge in [0.25, 0.3) is 0 Å². The molecule has 2 aliphatic heterocycles. The lowest BCUT2D eigenvalue weighted by Crippen LogP contribution is -2.44. The molecule has 2 heterocycles. The van der Waals surface area contributed by atoms with E-state index in [1.807, 2.05) is 0 Å². The minimum absolute atomic E-state index is 0.0195. The van der Waals surface area contributed by atoms with Crippen LogP contribution in [-0.2, 0) is 9.53 Å². The van der Waals surface area contributed by atoms with Gasteiger partial charge in [0.15, 0.2) is 0 Å². The Kier molecular flexibility index (Phi) is 4.15. The van der Waals surface area contributed by atoms with Crippen LogP contribution in [0.4, 0.5) is 4.39 Å². The van der Waals surface area contributed by atoms with Crippen LogP contribution in [0.3, 0.4) is 0 Å². The van der Waals surface area contributed by atoms with Crippen LogP contribution in [0.25, 0.3) is 0 Å². The van der Waals surface area contributed by atoms with Crippen LogP contribution in [0.1, 0.15) is 24.5 Å². The summed E-state index contributed by atoms with van der Waals surface area (Å²) in [7, 11) is 1.81. The number of carbonyl (C=O) groups excluding carboxylic acids is 1. The number of likely N-dealkylation sites (tertiary alicyclic amines) is 1. The molecule has 0 unspecified atom stereocenters. The monoisotopic (exact) mass is 312 g/mol. The van der Waals surface area contributed by atoms with Gasteiger partial charge in [0, 0.05) is 26.2 Å². The lowest BCUT2D eigenvalue weighted by Gasteiger charge is -2.23. The number of nitrogens with zero attached hydrogens (tertiary/aromatic N) is 1. The number of benzene rings is 1. The zero-order valence-corrected chi connectivity index (χ0v) is 12.6. The molecule has 21 heavy (non-hydrogen) atoms. The first-order chi connectivity index (χ1) is 10.1. The fourth-order valence-electron chi connectivity index (χ4n) is 3.01. The fourth-order valence-corrected chi connectivity index (χ4v) is 3.13. The number of halogens is 2. The van der Waals surface area contributed by atoms with Gasteiger partial charge in [0.2, 0.25) is 5.91 Å². The third-order valence-corrected chi connectivity index (χ3v) is 4.51. The van der Waals surface area contributed by atoms with E-state index in [0.29, 0.717) is 6.61 Å². The van der Waals surface area contributed by atoms with Crippen LogP contribution in [0.15, 0.2) is 18.2 Å². The summed E-state index contributed by atoms with van der Waals surface area (Å²) in [4.78, 5) is 13.7. The van der Waals surface area contributed by atoms with Crippen molar-refractivity contribution in [2.45, 2.75) is 31.0 Å². The maximum Gasteiger partial charge on any atom is 0.239 e. The molecule has 0 saturated carbocycles. The Morgan fingerprint density at radius 2 is 2.24 bits per heavy atom. The Hall–Kier alpha value is -1.17. The zero-order chi connectivity index (χ0) is 15.0. The lowest BCUT2D eigenvalue weighted by molar-refractivity contribution is -0.128. The second kappa shape index (κ2) is 5.91. The SMILES string of the molecule is CN1CC[C@H](N[C@@H]2CCO[C@H]2c2ccc(Cl)c(F)c2)C1=O. The van der Waals surface area contributed by atoms with E-state index in [-0.39, 0.29) is 29.1 Å². The number of hydrogen-bond donors (Lipinski definition) is 1. The summed E-state index contributed by atoms with van der Waals surface area (Å²) in [6, 6.07) is 4.58. The molecule has 1 aromatic carbocycles. The predicted molar refractivity (Wildman–Crippen MR) is 77.7 cm³/mol. The highest BCUT2D eigenvalue weighted by Gasteiger charge is 2.36. The molecule has 3 rings (SSSR count). The number of rotatable bonds is 3. The van der Waals surface area contributed by atoms with Gasteiger partial charge in [0.1, 0.15) is 5.82 Å². The third kappa shape index (κ3) is 2.91. The molecule has 3 atom stereocenters. The van der Waals surface area contributed by atoms with E-state index in [0.717, 1.165) is 24.9 Å². The molecule has 1 N–H and O–H groups in total. The Morgan fingerprint density at radius 1 is 1.43 bits per heavy atom. The predicted octanol–water partition coefficient (Wildman–Crippen LogP) is 2.13. The molecular formula is C15H18ClFN2O2. The Labute approximate surface area is 128 Å². The second-order valence-corrected chi connectivity index (χ2v) is 6.04. The van der Waals surface area contributed by atoms with Gasteiger partial charge in [-0.1, -0.05) is 17.7 Å². The first-order valence-corrected chi connectivity index (χ1v) is 7.51. The van der Waals surface area contributed by atoms with Crippen molar-refractivity contribution in [2.75, 3.05) is 20.2 Å². The Bertz CT molecular complexity index is 554. The van der Waals surface area contributed by atoms with Gasteiger partial charge in [0.05, 0.1) is 17.2 Å².